The quantitative estimate of drug-likeness (QED) is 0.578. The summed E-state index contributed by atoms with van der Waals surface area (Å²) in [5.74, 6) is 2.11. The van der Waals surface area contributed by atoms with Crippen molar-refractivity contribution >= 4 is 17.2 Å². The Morgan fingerprint density at radius 3 is 2.69 bits per heavy atom. The van der Waals surface area contributed by atoms with Crippen molar-refractivity contribution in [3.63, 3.8) is 0 Å². The Hall–Kier alpha value is -2.86. The van der Waals surface area contributed by atoms with Gasteiger partial charge >= 0.3 is 0 Å². The number of aromatic nitrogens is 1. The molecule has 1 aliphatic carbocycles. The average Bonchev–Trinajstić information content (AvgIpc) is 3.25. The van der Waals surface area contributed by atoms with E-state index in [9.17, 15) is 4.79 Å². The molecule has 3 atom stereocenters. The molecule has 1 amide bonds. The lowest BCUT2D eigenvalue weighted by atomic mass is 10.0. The number of rotatable bonds is 8. The molecule has 0 bridgehead atoms. The highest BCUT2D eigenvalue weighted by atomic mass is 32.1. The van der Waals surface area contributed by atoms with Crippen LogP contribution in [0, 0.1) is 11.8 Å². The summed E-state index contributed by atoms with van der Waals surface area (Å²) in [7, 11) is 1.57. The van der Waals surface area contributed by atoms with Crippen molar-refractivity contribution in [2.24, 2.45) is 11.8 Å². The van der Waals surface area contributed by atoms with Crippen molar-refractivity contribution in [2.45, 2.75) is 26.0 Å². The molecule has 0 saturated heterocycles. The van der Waals surface area contributed by atoms with Gasteiger partial charge in [-0.3, -0.25) is 4.79 Å². The van der Waals surface area contributed by atoms with E-state index in [4.69, 9.17) is 9.47 Å². The third-order valence-electron chi connectivity index (χ3n) is 5.33. The number of methoxy groups -OCH3 is 1. The summed E-state index contributed by atoms with van der Waals surface area (Å²) in [6.45, 7) is 2.59. The first-order chi connectivity index (χ1) is 14.2. The SMILES string of the molecule is COc1cc(C(=O)NC(c2ccccc2)C2CC2C)ccc1OCc1cscn1. The van der Waals surface area contributed by atoms with Crippen LogP contribution >= 0.6 is 11.3 Å². The Morgan fingerprint density at radius 2 is 2.03 bits per heavy atom. The molecule has 1 saturated carbocycles. The molecular weight excluding hydrogens is 384 g/mol. The second-order valence-electron chi connectivity index (χ2n) is 7.37. The largest absolute Gasteiger partial charge is 0.493 e. The van der Waals surface area contributed by atoms with E-state index in [0.717, 1.165) is 17.7 Å². The second-order valence-corrected chi connectivity index (χ2v) is 8.09. The van der Waals surface area contributed by atoms with Crippen LogP contribution < -0.4 is 14.8 Å². The molecule has 3 aromatic rings. The van der Waals surface area contributed by atoms with Crippen LogP contribution in [0.25, 0.3) is 0 Å². The number of nitrogens with zero attached hydrogens (tertiary/aromatic N) is 1. The first kappa shape index (κ1) is 19.5. The highest BCUT2D eigenvalue weighted by Crippen LogP contribution is 2.47. The fourth-order valence-corrected chi connectivity index (χ4v) is 4.07. The van der Waals surface area contributed by atoms with Crippen LogP contribution in [0.2, 0.25) is 0 Å². The number of amides is 1. The standard InChI is InChI=1S/C23H24N2O3S/c1-15-10-19(15)22(16-6-4-3-5-7-16)25-23(26)17-8-9-20(21(11-17)27-2)28-12-18-13-29-14-24-18/h3-9,11,13-15,19,22H,10,12H2,1-2H3,(H,25,26). The zero-order valence-corrected chi connectivity index (χ0v) is 17.3. The van der Waals surface area contributed by atoms with Crippen molar-refractivity contribution in [1.82, 2.24) is 10.3 Å². The predicted octanol–water partition coefficient (Wildman–Crippen LogP) is 4.86. The van der Waals surface area contributed by atoms with Gasteiger partial charge in [0.05, 0.1) is 24.4 Å². The van der Waals surface area contributed by atoms with Gasteiger partial charge in [0.15, 0.2) is 11.5 Å². The molecule has 2 aromatic carbocycles. The maximum absolute atomic E-state index is 13.0. The minimum atomic E-state index is -0.109. The van der Waals surface area contributed by atoms with Crippen molar-refractivity contribution in [3.05, 3.63) is 76.2 Å². The maximum atomic E-state index is 13.0. The number of nitrogens with one attached hydrogen (secondary N) is 1. The van der Waals surface area contributed by atoms with Crippen molar-refractivity contribution in [2.75, 3.05) is 7.11 Å². The topological polar surface area (TPSA) is 60.5 Å². The van der Waals surface area contributed by atoms with Crippen LogP contribution in [0.3, 0.4) is 0 Å². The molecule has 3 unspecified atom stereocenters. The molecule has 0 aliphatic heterocycles. The van der Waals surface area contributed by atoms with E-state index in [2.05, 4.69) is 29.4 Å². The molecular formula is C23H24N2O3S. The number of ether oxygens (including phenoxy) is 2. The van der Waals surface area contributed by atoms with Gasteiger partial charge in [0.1, 0.15) is 6.61 Å². The molecule has 29 heavy (non-hydrogen) atoms. The molecule has 0 radical (unpaired) electrons. The summed E-state index contributed by atoms with van der Waals surface area (Å²) in [6, 6.07) is 15.5. The minimum absolute atomic E-state index is 0.0188. The highest BCUT2D eigenvalue weighted by molar-refractivity contribution is 7.07. The van der Waals surface area contributed by atoms with E-state index < -0.39 is 0 Å². The maximum Gasteiger partial charge on any atom is 0.251 e. The molecule has 0 spiro atoms. The third kappa shape index (κ3) is 4.59. The zero-order chi connectivity index (χ0) is 20.2. The average molecular weight is 409 g/mol. The van der Waals surface area contributed by atoms with Gasteiger partial charge in [-0.15, -0.1) is 11.3 Å². The van der Waals surface area contributed by atoms with Gasteiger partial charge in [-0.1, -0.05) is 37.3 Å². The van der Waals surface area contributed by atoms with Crippen LogP contribution in [-0.2, 0) is 6.61 Å². The Labute approximate surface area is 174 Å². The van der Waals surface area contributed by atoms with Crippen LogP contribution in [0.4, 0.5) is 0 Å². The Morgan fingerprint density at radius 1 is 1.24 bits per heavy atom. The highest BCUT2D eigenvalue weighted by Gasteiger charge is 2.41. The summed E-state index contributed by atoms with van der Waals surface area (Å²) < 4.78 is 11.3. The van der Waals surface area contributed by atoms with E-state index >= 15 is 0 Å². The summed E-state index contributed by atoms with van der Waals surface area (Å²) >= 11 is 1.53. The van der Waals surface area contributed by atoms with Crippen LogP contribution in [0.5, 0.6) is 11.5 Å². The van der Waals surface area contributed by atoms with Gasteiger partial charge < -0.3 is 14.8 Å². The predicted molar refractivity (Wildman–Crippen MR) is 113 cm³/mol. The lowest BCUT2D eigenvalue weighted by Gasteiger charge is -2.20. The van der Waals surface area contributed by atoms with E-state index in [-0.39, 0.29) is 11.9 Å². The van der Waals surface area contributed by atoms with Gasteiger partial charge in [-0.05, 0) is 42.0 Å². The number of carbonyl (C=O) groups is 1. The molecule has 1 aromatic heterocycles. The van der Waals surface area contributed by atoms with Crippen LogP contribution in [-0.4, -0.2) is 18.0 Å². The molecule has 6 heteroatoms. The Bertz CT molecular complexity index is 960. The molecule has 1 fully saturated rings. The fourth-order valence-electron chi connectivity index (χ4n) is 3.53. The smallest absolute Gasteiger partial charge is 0.251 e. The summed E-state index contributed by atoms with van der Waals surface area (Å²) in [5.41, 5.74) is 4.33. The van der Waals surface area contributed by atoms with Crippen molar-refractivity contribution < 1.29 is 14.3 Å². The molecule has 1 aliphatic rings. The van der Waals surface area contributed by atoms with Gasteiger partial charge in [-0.25, -0.2) is 4.98 Å². The number of hydrogen-bond acceptors (Lipinski definition) is 5. The van der Waals surface area contributed by atoms with Gasteiger partial charge in [0, 0.05) is 10.9 Å². The monoisotopic (exact) mass is 408 g/mol. The normalized spacial score (nSPS) is 18.7. The third-order valence-corrected chi connectivity index (χ3v) is 5.97. The minimum Gasteiger partial charge on any atom is -0.493 e. The Kier molecular flexibility index (Phi) is 5.81. The molecule has 4 rings (SSSR count). The van der Waals surface area contributed by atoms with Crippen molar-refractivity contribution in [3.8, 4) is 11.5 Å². The number of hydrogen-bond donors (Lipinski definition) is 1. The van der Waals surface area contributed by atoms with E-state index in [0.29, 0.717) is 35.5 Å². The number of benzene rings is 2. The molecule has 1 N–H and O–H groups in total. The lowest BCUT2D eigenvalue weighted by Crippen LogP contribution is -2.30. The molecule has 5 nitrogen and oxygen atoms in total. The van der Waals surface area contributed by atoms with E-state index in [1.165, 1.54) is 11.3 Å². The van der Waals surface area contributed by atoms with Crippen LogP contribution in [0.1, 0.15) is 41.0 Å². The summed E-state index contributed by atoms with van der Waals surface area (Å²) in [5, 5.41) is 5.16. The van der Waals surface area contributed by atoms with Crippen LogP contribution in [0.15, 0.2) is 59.4 Å². The molecule has 150 valence electrons. The Balaban J connectivity index is 1.48. The first-order valence-electron chi connectivity index (χ1n) is 9.69. The first-order valence-corrected chi connectivity index (χ1v) is 10.6. The van der Waals surface area contributed by atoms with Crippen molar-refractivity contribution in [1.29, 1.82) is 0 Å². The van der Waals surface area contributed by atoms with Gasteiger partial charge in [-0.2, -0.15) is 0 Å². The van der Waals surface area contributed by atoms with Gasteiger partial charge in [0.25, 0.3) is 5.91 Å². The number of carbonyl (C=O) groups excluding carboxylic acids is 1. The summed E-state index contributed by atoms with van der Waals surface area (Å²) in [4.78, 5) is 17.2. The second kappa shape index (κ2) is 8.66. The summed E-state index contributed by atoms with van der Waals surface area (Å²) in [6.07, 6.45) is 1.13. The lowest BCUT2D eigenvalue weighted by molar-refractivity contribution is 0.0930. The van der Waals surface area contributed by atoms with E-state index in [1.807, 2.05) is 23.6 Å². The fraction of sp³-hybridized carbons (Fsp3) is 0.304. The zero-order valence-electron chi connectivity index (χ0n) is 16.5. The van der Waals surface area contributed by atoms with Gasteiger partial charge in [0.2, 0.25) is 0 Å². The van der Waals surface area contributed by atoms with E-state index in [1.54, 1.807) is 30.8 Å². The molecule has 1 heterocycles. The number of thiazole rings is 1.